The largest absolute Gasteiger partial charge is 0.373 e. The van der Waals surface area contributed by atoms with E-state index in [2.05, 4.69) is 44.8 Å². The summed E-state index contributed by atoms with van der Waals surface area (Å²) in [6.07, 6.45) is 4.37. The molecule has 0 radical (unpaired) electrons. The minimum Gasteiger partial charge on any atom is -0.373 e. The van der Waals surface area contributed by atoms with Gasteiger partial charge in [0.25, 0.3) is 0 Å². The highest BCUT2D eigenvalue weighted by Crippen LogP contribution is 2.42. The van der Waals surface area contributed by atoms with Gasteiger partial charge >= 0.3 is 0 Å². The molecule has 1 aliphatic carbocycles. The van der Waals surface area contributed by atoms with Crippen LogP contribution in [0, 0.1) is 9.49 Å². The third-order valence-corrected chi connectivity index (χ3v) is 3.45. The predicted molar refractivity (Wildman–Crippen MR) is 71.4 cm³/mol. The van der Waals surface area contributed by atoms with Crippen molar-refractivity contribution >= 4 is 28.4 Å². The highest BCUT2D eigenvalue weighted by molar-refractivity contribution is 14.1. The van der Waals surface area contributed by atoms with Gasteiger partial charge in [-0.2, -0.15) is 0 Å². The summed E-state index contributed by atoms with van der Waals surface area (Å²) in [4.78, 5) is 8.91. The predicted octanol–water partition coefficient (Wildman–Crippen LogP) is 2.61. The van der Waals surface area contributed by atoms with Crippen molar-refractivity contribution in [3.05, 3.63) is 15.6 Å². The molecule has 0 amide bonds. The molecule has 5 heteroatoms. The van der Waals surface area contributed by atoms with E-state index in [0.29, 0.717) is 5.92 Å². The monoisotopic (exact) mass is 333 g/mol. The zero-order chi connectivity index (χ0) is 11.5. The molecule has 1 heterocycles. The molecule has 0 aliphatic heterocycles. The lowest BCUT2D eigenvalue weighted by Crippen LogP contribution is -2.12. The second-order valence-electron chi connectivity index (χ2n) is 3.95. The lowest BCUT2D eigenvalue weighted by molar-refractivity contribution is 0.0773. The zero-order valence-corrected chi connectivity index (χ0v) is 11.7. The molecule has 88 valence electrons. The molecule has 1 saturated carbocycles. The normalized spacial score (nSPS) is 17.2. The third-order valence-electron chi connectivity index (χ3n) is 2.67. The SMILES string of the molecule is CCNc1nc(C(OC)C2CC2)ncc1I. The molecule has 1 aromatic rings. The van der Waals surface area contributed by atoms with Crippen LogP contribution in [-0.2, 0) is 4.74 Å². The number of nitrogens with one attached hydrogen (secondary N) is 1. The maximum atomic E-state index is 5.48. The number of ether oxygens (including phenoxy) is 1. The molecule has 16 heavy (non-hydrogen) atoms. The van der Waals surface area contributed by atoms with Crippen molar-refractivity contribution < 1.29 is 4.74 Å². The highest BCUT2D eigenvalue weighted by atomic mass is 127. The fourth-order valence-corrected chi connectivity index (χ4v) is 2.17. The van der Waals surface area contributed by atoms with Crippen LogP contribution in [-0.4, -0.2) is 23.6 Å². The van der Waals surface area contributed by atoms with Crippen molar-refractivity contribution in [2.75, 3.05) is 19.0 Å². The van der Waals surface area contributed by atoms with Gasteiger partial charge in [-0.05, 0) is 48.3 Å². The zero-order valence-electron chi connectivity index (χ0n) is 9.53. The van der Waals surface area contributed by atoms with E-state index < -0.39 is 0 Å². The standard InChI is InChI=1S/C11H16IN3O/c1-3-13-10-8(12)6-14-11(15-10)9(16-2)7-4-5-7/h6-7,9H,3-5H2,1-2H3,(H,13,14,15). The Morgan fingerprint density at radius 2 is 2.38 bits per heavy atom. The Kier molecular flexibility index (Phi) is 3.96. The Hall–Kier alpha value is -0.430. The molecular weight excluding hydrogens is 317 g/mol. The molecule has 4 nitrogen and oxygen atoms in total. The molecular formula is C11H16IN3O. The first-order valence-corrected chi connectivity index (χ1v) is 6.63. The molecule has 0 saturated heterocycles. The van der Waals surface area contributed by atoms with Gasteiger partial charge in [0.05, 0.1) is 3.57 Å². The van der Waals surface area contributed by atoms with Crippen LogP contribution in [0.15, 0.2) is 6.20 Å². The van der Waals surface area contributed by atoms with E-state index in [9.17, 15) is 0 Å². The van der Waals surface area contributed by atoms with Gasteiger partial charge in [0.1, 0.15) is 11.9 Å². The number of hydrogen-bond acceptors (Lipinski definition) is 4. The first-order chi connectivity index (χ1) is 7.76. The Morgan fingerprint density at radius 3 is 2.94 bits per heavy atom. The maximum absolute atomic E-state index is 5.48. The molecule has 1 aliphatic rings. The average Bonchev–Trinajstić information content (AvgIpc) is 3.08. The van der Waals surface area contributed by atoms with E-state index in [-0.39, 0.29) is 6.10 Å². The summed E-state index contributed by atoms with van der Waals surface area (Å²) >= 11 is 2.24. The lowest BCUT2D eigenvalue weighted by Gasteiger charge is -2.14. The second kappa shape index (κ2) is 5.27. The van der Waals surface area contributed by atoms with Crippen LogP contribution < -0.4 is 5.32 Å². The van der Waals surface area contributed by atoms with Crippen molar-refractivity contribution in [3.8, 4) is 0 Å². The number of halogens is 1. The molecule has 2 rings (SSSR count). The number of aromatic nitrogens is 2. The summed E-state index contributed by atoms with van der Waals surface area (Å²) in [5.74, 6) is 2.33. The lowest BCUT2D eigenvalue weighted by atomic mass is 10.2. The van der Waals surface area contributed by atoms with Gasteiger partial charge in [-0.25, -0.2) is 9.97 Å². The topological polar surface area (TPSA) is 47.0 Å². The molecule has 0 spiro atoms. The summed E-state index contributed by atoms with van der Waals surface area (Å²) in [6.45, 7) is 2.93. The van der Waals surface area contributed by atoms with E-state index in [1.54, 1.807) is 7.11 Å². The van der Waals surface area contributed by atoms with Crippen LogP contribution in [0.3, 0.4) is 0 Å². The Balaban J connectivity index is 2.22. The quantitative estimate of drug-likeness (QED) is 0.842. The molecule has 1 N–H and O–H groups in total. The molecule has 0 aromatic carbocycles. The average molecular weight is 333 g/mol. The summed E-state index contributed by atoms with van der Waals surface area (Å²) < 4.78 is 6.53. The number of nitrogens with zero attached hydrogens (tertiary/aromatic N) is 2. The van der Waals surface area contributed by atoms with E-state index in [4.69, 9.17) is 4.74 Å². The second-order valence-corrected chi connectivity index (χ2v) is 5.11. The van der Waals surface area contributed by atoms with Crippen molar-refractivity contribution in [2.24, 2.45) is 5.92 Å². The molecule has 1 aromatic heterocycles. The van der Waals surface area contributed by atoms with Crippen LogP contribution in [0.1, 0.15) is 31.7 Å². The fraction of sp³-hybridized carbons (Fsp3) is 0.636. The van der Waals surface area contributed by atoms with Crippen LogP contribution in [0.2, 0.25) is 0 Å². The van der Waals surface area contributed by atoms with E-state index in [1.807, 2.05) is 6.20 Å². The van der Waals surface area contributed by atoms with Gasteiger partial charge in [0.2, 0.25) is 0 Å². The Morgan fingerprint density at radius 1 is 1.62 bits per heavy atom. The van der Waals surface area contributed by atoms with Crippen molar-refractivity contribution in [1.29, 1.82) is 0 Å². The van der Waals surface area contributed by atoms with Crippen molar-refractivity contribution in [1.82, 2.24) is 9.97 Å². The summed E-state index contributed by atoms with van der Waals surface area (Å²) in [7, 11) is 1.73. The molecule has 1 atom stereocenters. The van der Waals surface area contributed by atoms with Crippen LogP contribution in [0.25, 0.3) is 0 Å². The van der Waals surface area contributed by atoms with E-state index in [0.717, 1.165) is 21.8 Å². The van der Waals surface area contributed by atoms with E-state index >= 15 is 0 Å². The van der Waals surface area contributed by atoms with Gasteiger partial charge in [-0.1, -0.05) is 0 Å². The van der Waals surface area contributed by atoms with Gasteiger partial charge < -0.3 is 10.1 Å². The highest BCUT2D eigenvalue weighted by Gasteiger charge is 2.34. The van der Waals surface area contributed by atoms with Gasteiger partial charge in [-0.15, -0.1) is 0 Å². The maximum Gasteiger partial charge on any atom is 0.159 e. The van der Waals surface area contributed by atoms with Gasteiger partial charge in [0.15, 0.2) is 5.82 Å². The summed E-state index contributed by atoms with van der Waals surface area (Å²) in [6, 6.07) is 0. The minimum atomic E-state index is 0.0643. The van der Waals surface area contributed by atoms with Crippen molar-refractivity contribution in [3.63, 3.8) is 0 Å². The first kappa shape index (κ1) is 12.0. The number of rotatable bonds is 5. The number of methoxy groups -OCH3 is 1. The van der Waals surface area contributed by atoms with Crippen molar-refractivity contribution in [2.45, 2.75) is 25.9 Å². The molecule has 1 unspecified atom stereocenters. The Bertz CT molecular complexity index is 368. The van der Waals surface area contributed by atoms with Gasteiger partial charge in [-0.3, -0.25) is 0 Å². The summed E-state index contributed by atoms with van der Waals surface area (Å²) in [5, 5.41) is 3.24. The number of hydrogen-bond donors (Lipinski definition) is 1. The van der Waals surface area contributed by atoms with Crippen LogP contribution >= 0.6 is 22.6 Å². The first-order valence-electron chi connectivity index (χ1n) is 5.55. The number of anilines is 1. The van der Waals surface area contributed by atoms with E-state index in [1.165, 1.54) is 12.8 Å². The Labute approximate surface area is 109 Å². The molecule has 1 fully saturated rings. The van der Waals surface area contributed by atoms with Crippen LogP contribution in [0.5, 0.6) is 0 Å². The minimum absolute atomic E-state index is 0.0643. The van der Waals surface area contributed by atoms with Gasteiger partial charge in [0, 0.05) is 19.9 Å². The fourth-order valence-electron chi connectivity index (χ4n) is 1.72. The molecule has 0 bridgehead atoms. The van der Waals surface area contributed by atoms with Crippen LogP contribution in [0.4, 0.5) is 5.82 Å². The third kappa shape index (κ3) is 2.63. The smallest absolute Gasteiger partial charge is 0.159 e. The summed E-state index contributed by atoms with van der Waals surface area (Å²) in [5.41, 5.74) is 0.